The molecule has 4 nitrogen and oxygen atoms in total. The number of hydrogen-bond donors (Lipinski definition) is 1. The molecule has 3 aromatic rings. The Hall–Kier alpha value is -3.35. The average molecular weight is 397 g/mol. The molecular formula is C22H18F3N3O. The summed E-state index contributed by atoms with van der Waals surface area (Å²) in [4.78, 5) is 8.86. The Bertz CT molecular complexity index is 1020. The highest BCUT2D eigenvalue weighted by atomic mass is 19.4. The molecule has 29 heavy (non-hydrogen) atoms. The van der Waals surface area contributed by atoms with E-state index in [4.69, 9.17) is 4.74 Å². The number of nitrogens with zero attached hydrogens (tertiary/aromatic N) is 2. The Morgan fingerprint density at radius 1 is 0.966 bits per heavy atom. The predicted molar refractivity (Wildman–Crippen MR) is 105 cm³/mol. The van der Waals surface area contributed by atoms with Crippen LogP contribution in [0.1, 0.15) is 16.8 Å². The van der Waals surface area contributed by atoms with Gasteiger partial charge in [-0.2, -0.15) is 13.2 Å². The van der Waals surface area contributed by atoms with Crippen LogP contribution in [0, 0.1) is 0 Å². The lowest BCUT2D eigenvalue weighted by molar-refractivity contribution is -0.137. The number of hydrogen-bond acceptors (Lipinski definition) is 4. The van der Waals surface area contributed by atoms with Crippen molar-refractivity contribution in [2.45, 2.75) is 12.7 Å². The van der Waals surface area contributed by atoms with E-state index in [1.807, 2.05) is 36.4 Å². The molecular weight excluding hydrogens is 379 g/mol. The van der Waals surface area contributed by atoms with Gasteiger partial charge in [0.05, 0.1) is 29.9 Å². The molecule has 0 amide bonds. The number of aliphatic imine (C=N–C) groups is 1. The van der Waals surface area contributed by atoms with Crippen LogP contribution < -0.4 is 10.1 Å². The summed E-state index contributed by atoms with van der Waals surface area (Å²) in [5.41, 5.74) is 2.46. The number of fused-ring (bicyclic) bond motifs is 1. The number of nitrogens with one attached hydrogen (secondary N) is 1. The maximum absolute atomic E-state index is 12.8. The minimum atomic E-state index is -4.35. The van der Waals surface area contributed by atoms with E-state index in [0.717, 1.165) is 29.0 Å². The van der Waals surface area contributed by atoms with Gasteiger partial charge in [0.25, 0.3) is 0 Å². The van der Waals surface area contributed by atoms with Crippen molar-refractivity contribution in [1.82, 2.24) is 10.3 Å². The lowest BCUT2D eigenvalue weighted by atomic mass is 10.0. The molecule has 0 unspecified atom stereocenters. The van der Waals surface area contributed by atoms with Crippen molar-refractivity contribution in [3.8, 4) is 16.9 Å². The lowest BCUT2D eigenvalue weighted by Crippen LogP contribution is -2.24. The Balaban J connectivity index is 1.62. The van der Waals surface area contributed by atoms with Gasteiger partial charge in [-0.25, -0.2) is 0 Å². The van der Waals surface area contributed by atoms with E-state index in [2.05, 4.69) is 15.3 Å². The smallest absolute Gasteiger partial charge is 0.416 e. The monoisotopic (exact) mass is 397 g/mol. The number of halogens is 3. The zero-order chi connectivity index (χ0) is 20.3. The third-order valence-corrected chi connectivity index (χ3v) is 4.56. The maximum atomic E-state index is 12.8. The predicted octanol–water partition coefficient (Wildman–Crippen LogP) is 4.70. The van der Waals surface area contributed by atoms with Crippen LogP contribution in [0.3, 0.4) is 0 Å². The van der Waals surface area contributed by atoms with E-state index >= 15 is 0 Å². The molecule has 0 saturated heterocycles. The van der Waals surface area contributed by atoms with Gasteiger partial charge in [-0.1, -0.05) is 24.3 Å². The van der Waals surface area contributed by atoms with Gasteiger partial charge in [-0.15, -0.1) is 0 Å². The first kappa shape index (κ1) is 19.0. The van der Waals surface area contributed by atoms with Crippen LogP contribution in [-0.2, 0) is 12.7 Å². The molecule has 1 aliphatic heterocycles. The molecule has 2 aromatic carbocycles. The van der Waals surface area contributed by atoms with Crippen molar-refractivity contribution < 1.29 is 17.9 Å². The van der Waals surface area contributed by atoms with Crippen LogP contribution >= 0.6 is 0 Å². The van der Waals surface area contributed by atoms with Crippen molar-refractivity contribution in [1.29, 1.82) is 0 Å². The maximum Gasteiger partial charge on any atom is 0.416 e. The number of ether oxygens (including phenoxy) is 1. The second-order valence-corrected chi connectivity index (χ2v) is 6.54. The third-order valence-electron chi connectivity index (χ3n) is 4.56. The van der Waals surface area contributed by atoms with E-state index in [9.17, 15) is 13.2 Å². The number of aromatic nitrogens is 1. The van der Waals surface area contributed by atoms with Gasteiger partial charge in [-0.05, 0) is 47.5 Å². The normalized spacial score (nSPS) is 13.7. The molecule has 0 radical (unpaired) electrons. The molecule has 0 atom stereocenters. The molecule has 2 heterocycles. The Morgan fingerprint density at radius 3 is 2.48 bits per heavy atom. The number of alkyl halides is 3. The molecule has 0 bridgehead atoms. The van der Waals surface area contributed by atoms with Crippen molar-refractivity contribution in [3.63, 3.8) is 0 Å². The number of benzene rings is 2. The summed E-state index contributed by atoms with van der Waals surface area (Å²) >= 11 is 0. The van der Waals surface area contributed by atoms with Crippen molar-refractivity contribution in [2.24, 2.45) is 4.99 Å². The molecule has 148 valence electrons. The largest absolute Gasteiger partial charge is 0.491 e. The zero-order valence-corrected chi connectivity index (χ0v) is 15.4. The molecule has 0 spiro atoms. The summed E-state index contributed by atoms with van der Waals surface area (Å²) < 4.78 is 44.2. The minimum Gasteiger partial charge on any atom is -0.491 e. The first-order valence-corrected chi connectivity index (χ1v) is 9.14. The fourth-order valence-corrected chi connectivity index (χ4v) is 3.10. The molecule has 7 heteroatoms. The van der Waals surface area contributed by atoms with Gasteiger partial charge in [0.2, 0.25) is 0 Å². The van der Waals surface area contributed by atoms with E-state index in [-0.39, 0.29) is 0 Å². The Morgan fingerprint density at radius 2 is 1.76 bits per heavy atom. The minimum absolute atomic E-state index is 0.460. The standard InChI is InChI=1S/C22H18F3N3O/c23-22(24,25)17-7-4-15(5-8-17)16-6-9-20-19(13-16)21(27-11-12-29-20)28-14-18-3-1-2-10-26-18/h1-10,13H,11-12,14H2,(H,27,28). The second-order valence-electron chi connectivity index (χ2n) is 6.54. The van der Waals surface area contributed by atoms with Crippen LogP contribution in [0.4, 0.5) is 13.2 Å². The van der Waals surface area contributed by atoms with Gasteiger partial charge in [-0.3, -0.25) is 9.98 Å². The fraction of sp³-hybridized carbons (Fsp3) is 0.182. The SMILES string of the molecule is FC(F)(F)c1ccc(-c2ccc3c(c2)C(NCc2ccccn2)=NCCO3)cc1. The van der Waals surface area contributed by atoms with E-state index < -0.39 is 11.7 Å². The van der Waals surface area contributed by atoms with Crippen molar-refractivity contribution in [2.75, 3.05) is 13.2 Å². The first-order valence-electron chi connectivity index (χ1n) is 9.14. The molecule has 1 aliphatic rings. The highest BCUT2D eigenvalue weighted by Gasteiger charge is 2.30. The van der Waals surface area contributed by atoms with Gasteiger partial charge in [0.1, 0.15) is 18.2 Å². The molecule has 0 aliphatic carbocycles. The van der Waals surface area contributed by atoms with E-state index in [1.54, 1.807) is 6.20 Å². The Labute approximate surface area is 166 Å². The van der Waals surface area contributed by atoms with Crippen molar-refractivity contribution in [3.05, 3.63) is 83.7 Å². The summed E-state index contributed by atoms with van der Waals surface area (Å²) in [7, 11) is 0. The van der Waals surface area contributed by atoms with E-state index in [1.165, 1.54) is 12.1 Å². The van der Waals surface area contributed by atoms with Gasteiger partial charge in [0.15, 0.2) is 0 Å². The second kappa shape index (κ2) is 7.95. The highest BCUT2D eigenvalue weighted by Crippen LogP contribution is 2.32. The van der Waals surface area contributed by atoms with Crippen molar-refractivity contribution >= 4 is 5.84 Å². The number of amidine groups is 1. The molecule has 1 N–H and O–H groups in total. The summed E-state index contributed by atoms with van der Waals surface area (Å²) in [6.45, 7) is 1.47. The van der Waals surface area contributed by atoms with Crippen LogP contribution in [0.2, 0.25) is 0 Å². The van der Waals surface area contributed by atoms with Crippen LogP contribution in [-0.4, -0.2) is 24.0 Å². The number of rotatable bonds is 3. The number of pyridine rings is 1. The average Bonchev–Trinajstić information content (AvgIpc) is 2.94. The molecule has 4 rings (SSSR count). The van der Waals surface area contributed by atoms with Gasteiger partial charge in [0, 0.05) is 6.20 Å². The molecule has 1 aromatic heterocycles. The fourth-order valence-electron chi connectivity index (χ4n) is 3.10. The van der Waals surface area contributed by atoms with Crippen LogP contribution in [0.25, 0.3) is 11.1 Å². The summed E-state index contributed by atoms with van der Waals surface area (Å²) in [5, 5.41) is 3.30. The molecule has 0 saturated carbocycles. The topological polar surface area (TPSA) is 46.5 Å². The Kier molecular flexibility index (Phi) is 5.20. The lowest BCUT2D eigenvalue weighted by Gasteiger charge is -2.14. The zero-order valence-electron chi connectivity index (χ0n) is 15.4. The summed E-state index contributed by atoms with van der Waals surface area (Å²) in [5.74, 6) is 1.36. The summed E-state index contributed by atoms with van der Waals surface area (Å²) in [6.07, 6.45) is -2.62. The highest BCUT2D eigenvalue weighted by molar-refractivity contribution is 6.02. The molecule has 0 fully saturated rings. The third kappa shape index (κ3) is 4.39. The van der Waals surface area contributed by atoms with Crippen LogP contribution in [0.5, 0.6) is 5.75 Å². The van der Waals surface area contributed by atoms with Gasteiger partial charge >= 0.3 is 6.18 Å². The quantitative estimate of drug-likeness (QED) is 0.697. The van der Waals surface area contributed by atoms with Gasteiger partial charge < -0.3 is 10.1 Å². The van der Waals surface area contributed by atoms with Crippen LogP contribution in [0.15, 0.2) is 71.9 Å². The summed E-state index contributed by atoms with van der Waals surface area (Å²) in [6, 6.07) is 16.4. The first-order chi connectivity index (χ1) is 14.0. The van der Waals surface area contributed by atoms with E-state index in [0.29, 0.717) is 36.8 Å².